The minimum atomic E-state index is -0.834. The largest absolute Gasteiger partial charge is 0.462 e. The Balaban J connectivity index is 2.18. The molecule has 0 heterocycles. The normalized spacial score (nSPS) is 18.4. The molecule has 0 fully saturated rings. The van der Waals surface area contributed by atoms with Gasteiger partial charge in [0.15, 0.2) is 11.9 Å². The van der Waals surface area contributed by atoms with Gasteiger partial charge >= 0.3 is 11.9 Å². The van der Waals surface area contributed by atoms with Crippen LogP contribution in [0.4, 0.5) is 0 Å². The van der Waals surface area contributed by atoms with Gasteiger partial charge < -0.3 is 19.7 Å². The van der Waals surface area contributed by atoms with Crippen molar-refractivity contribution in [2.75, 3.05) is 13.2 Å². The summed E-state index contributed by atoms with van der Waals surface area (Å²) in [5.74, 6) is -0.0806. The number of ketones is 1. The molecule has 42 heavy (non-hydrogen) atoms. The topological polar surface area (TPSA) is 110 Å². The Morgan fingerprint density at radius 1 is 0.929 bits per heavy atom. The summed E-state index contributed by atoms with van der Waals surface area (Å²) in [5, 5.41) is 19.6. The summed E-state index contributed by atoms with van der Waals surface area (Å²) in [6.45, 7) is 6.09. The van der Waals surface area contributed by atoms with Gasteiger partial charge in [0.25, 0.3) is 0 Å². The molecule has 7 nitrogen and oxygen atoms in total. The van der Waals surface area contributed by atoms with Gasteiger partial charge in [0, 0.05) is 18.8 Å². The molecule has 0 aliphatic heterocycles. The molecule has 7 heteroatoms. The Morgan fingerprint density at radius 3 is 2.33 bits per heavy atom. The van der Waals surface area contributed by atoms with Crippen molar-refractivity contribution in [3.8, 4) is 0 Å². The predicted octanol–water partition coefficient (Wildman–Crippen LogP) is 7.20. The standard InChI is InChI=1S/C35H58O7/c1-4-5-12-19-30(37)23-24-32-29(22-25-33(32)38)18-14-10-11-15-20-34(39)41-27-31(26-36)42-35(40)21-16-9-7-6-8-13-17-28(2)3/h10,14,22-25,28-32,36-37H,4-9,11-13,15-21,26-27H2,1-3H3/b14-10-,24-23+/t29-,30-,31-,32+/m0/s1. The zero-order valence-corrected chi connectivity index (χ0v) is 26.5. The predicted molar refractivity (Wildman–Crippen MR) is 168 cm³/mol. The lowest BCUT2D eigenvalue weighted by Gasteiger charge is -2.15. The zero-order valence-electron chi connectivity index (χ0n) is 26.5. The third-order valence-electron chi connectivity index (χ3n) is 7.61. The molecule has 0 aromatic heterocycles. The second-order valence-corrected chi connectivity index (χ2v) is 12.0. The Hall–Kier alpha value is -2.25. The number of aliphatic hydroxyl groups excluding tert-OH is 2. The third-order valence-corrected chi connectivity index (χ3v) is 7.61. The van der Waals surface area contributed by atoms with Crippen molar-refractivity contribution in [2.24, 2.45) is 17.8 Å². The van der Waals surface area contributed by atoms with Crippen LogP contribution in [-0.2, 0) is 23.9 Å². The molecule has 0 unspecified atom stereocenters. The van der Waals surface area contributed by atoms with Gasteiger partial charge in [-0.2, -0.15) is 0 Å². The van der Waals surface area contributed by atoms with E-state index in [4.69, 9.17) is 9.47 Å². The number of hydrogen-bond acceptors (Lipinski definition) is 7. The van der Waals surface area contributed by atoms with E-state index < -0.39 is 12.2 Å². The first kappa shape index (κ1) is 37.8. The van der Waals surface area contributed by atoms with Crippen molar-refractivity contribution in [3.05, 3.63) is 36.5 Å². The van der Waals surface area contributed by atoms with Gasteiger partial charge in [0.05, 0.1) is 12.7 Å². The van der Waals surface area contributed by atoms with Crippen LogP contribution in [0.2, 0.25) is 0 Å². The monoisotopic (exact) mass is 590 g/mol. The van der Waals surface area contributed by atoms with Gasteiger partial charge in [-0.1, -0.05) is 109 Å². The summed E-state index contributed by atoms with van der Waals surface area (Å²) < 4.78 is 10.5. The fourth-order valence-electron chi connectivity index (χ4n) is 4.96. The van der Waals surface area contributed by atoms with E-state index in [0.717, 1.165) is 57.3 Å². The number of hydrogen-bond donors (Lipinski definition) is 2. The summed E-state index contributed by atoms with van der Waals surface area (Å²) in [6, 6.07) is 0. The molecule has 1 aliphatic carbocycles. The Bertz CT molecular complexity index is 829. The van der Waals surface area contributed by atoms with Crippen LogP contribution in [0.25, 0.3) is 0 Å². The minimum Gasteiger partial charge on any atom is -0.462 e. The van der Waals surface area contributed by atoms with Crippen LogP contribution in [0.1, 0.15) is 124 Å². The molecule has 0 spiro atoms. The molecule has 0 amide bonds. The quantitative estimate of drug-likeness (QED) is 0.0657. The van der Waals surface area contributed by atoms with E-state index in [2.05, 4.69) is 20.8 Å². The highest BCUT2D eigenvalue weighted by Crippen LogP contribution is 2.27. The van der Waals surface area contributed by atoms with Crippen molar-refractivity contribution in [3.63, 3.8) is 0 Å². The zero-order chi connectivity index (χ0) is 31.0. The number of unbranched alkanes of at least 4 members (excludes halogenated alkanes) is 8. The first-order chi connectivity index (χ1) is 20.3. The van der Waals surface area contributed by atoms with Crippen molar-refractivity contribution in [2.45, 2.75) is 136 Å². The summed E-state index contributed by atoms with van der Waals surface area (Å²) in [4.78, 5) is 36.4. The van der Waals surface area contributed by atoms with Crippen molar-refractivity contribution in [1.82, 2.24) is 0 Å². The van der Waals surface area contributed by atoms with Crippen molar-refractivity contribution < 1.29 is 34.1 Å². The highest BCUT2D eigenvalue weighted by molar-refractivity contribution is 5.95. The van der Waals surface area contributed by atoms with Crippen molar-refractivity contribution >= 4 is 17.7 Å². The summed E-state index contributed by atoms with van der Waals surface area (Å²) >= 11 is 0. The first-order valence-corrected chi connectivity index (χ1v) is 16.5. The molecule has 0 bridgehead atoms. The van der Waals surface area contributed by atoms with Gasteiger partial charge in [-0.3, -0.25) is 14.4 Å². The van der Waals surface area contributed by atoms with Crippen molar-refractivity contribution in [1.29, 1.82) is 0 Å². The highest BCUT2D eigenvalue weighted by atomic mass is 16.6. The molecule has 1 rings (SSSR count). The maximum absolute atomic E-state index is 12.2. The maximum atomic E-state index is 12.2. The molecule has 1 aliphatic rings. The Labute approximate surface area is 254 Å². The van der Waals surface area contributed by atoms with Crippen LogP contribution in [0.15, 0.2) is 36.5 Å². The molecular formula is C35H58O7. The average molecular weight is 591 g/mol. The number of rotatable bonds is 25. The van der Waals surface area contributed by atoms with Crippen LogP contribution in [0.5, 0.6) is 0 Å². The molecule has 4 atom stereocenters. The molecular weight excluding hydrogens is 532 g/mol. The van der Waals surface area contributed by atoms with E-state index in [0.29, 0.717) is 19.3 Å². The van der Waals surface area contributed by atoms with Gasteiger partial charge in [0.1, 0.15) is 6.61 Å². The van der Waals surface area contributed by atoms with E-state index >= 15 is 0 Å². The maximum Gasteiger partial charge on any atom is 0.306 e. The molecule has 0 saturated heterocycles. The lowest BCUT2D eigenvalue weighted by atomic mass is 9.90. The second-order valence-electron chi connectivity index (χ2n) is 12.0. The highest BCUT2D eigenvalue weighted by Gasteiger charge is 2.27. The van der Waals surface area contributed by atoms with E-state index in [9.17, 15) is 24.6 Å². The van der Waals surface area contributed by atoms with E-state index in [1.165, 1.54) is 25.7 Å². The summed E-state index contributed by atoms with van der Waals surface area (Å²) in [5.41, 5.74) is 0. The number of ether oxygens (including phenoxy) is 2. The van der Waals surface area contributed by atoms with Crippen LogP contribution < -0.4 is 0 Å². The van der Waals surface area contributed by atoms with Crippen LogP contribution in [-0.4, -0.2) is 53.4 Å². The molecule has 240 valence electrons. The number of carbonyl (C=O) groups excluding carboxylic acids is 3. The SMILES string of the molecule is CCCCC[C@H](O)/C=C/[C@H]1C(=O)C=C[C@@H]1C/C=C\CCCC(=O)OC[C@H](CO)OC(=O)CCCCCCCCC(C)C. The van der Waals surface area contributed by atoms with E-state index in [1.807, 2.05) is 24.3 Å². The van der Waals surface area contributed by atoms with E-state index in [1.54, 1.807) is 12.2 Å². The fourth-order valence-corrected chi connectivity index (χ4v) is 4.96. The molecule has 0 saturated carbocycles. The number of carbonyl (C=O) groups is 3. The number of allylic oxidation sites excluding steroid dienone is 5. The lowest BCUT2D eigenvalue weighted by Crippen LogP contribution is -2.28. The van der Waals surface area contributed by atoms with Crippen LogP contribution in [0, 0.1) is 17.8 Å². The van der Waals surface area contributed by atoms with Gasteiger partial charge in [-0.05, 0) is 50.0 Å². The average Bonchev–Trinajstić information content (AvgIpc) is 3.31. The Morgan fingerprint density at radius 2 is 1.62 bits per heavy atom. The fraction of sp³-hybridized carbons (Fsp3) is 0.743. The third kappa shape index (κ3) is 19.0. The second kappa shape index (κ2) is 24.2. The first-order valence-electron chi connectivity index (χ1n) is 16.5. The van der Waals surface area contributed by atoms with Crippen LogP contribution in [0.3, 0.4) is 0 Å². The van der Waals surface area contributed by atoms with Crippen LogP contribution >= 0.6 is 0 Å². The molecule has 0 radical (unpaired) electrons. The number of aliphatic hydroxyl groups is 2. The summed E-state index contributed by atoms with van der Waals surface area (Å²) in [6.07, 6.45) is 24.2. The smallest absolute Gasteiger partial charge is 0.306 e. The van der Waals surface area contributed by atoms with E-state index in [-0.39, 0.29) is 49.2 Å². The Kier molecular flexibility index (Phi) is 21.8. The molecule has 0 aromatic rings. The molecule has 0 aromatic carbocycles. The van der Waals surface area contributed by atoms with Gasteiger partial charge in [0.2, 0.25) is 0 Å². The van der Waals surface area contributed by atoms with Gasteiger partial charge in [-0.25, -0.2) is 0 Å². The molecule has 2 N–H and O–H groups in total. The summed E-state index contributed by atoms with van der Waals surface area (Å²) in [7, 11) is 0. The lowest BCUT2D eigenvalue weighted by molar-refractivity contribution is -0.161. The van der Waals surface area contributed by atoms with Gasteiger partial charge in [-0.15, -0.1) is 0 Å². The minimum absolute atomic E-state index is 0.0721. The number of esters is 2.